The number of nitrogens with one attached hydrogen (secondary N) is 1. The van der Waals surface area contributed by atoms with Crippen molar-refractivity contribution in [1.29, 1.82) is 0 Å². The molecule has 1 saturated heterocycles. The zero-order valence-electron chi connectivity index (χ0n) is 12.3. The van der Waals surface area contributed by atoms with Crippen LogP contribution in [-0.4, -0.2) is 34.6 Å². The van der Waals surface area contributed by atoms with Crippen molar-refractivity contribution in [2.24, 2.45) is 0 Å². The van der Waals surface area contributed by atoms with E-state index in [1.165, 1.54) is 17.0 Å². The third-order valence-electron chi connectivity index (χ3n) is 4.30. The Morgan fingerprint density at radius 3 is 2.74 bits per heavy atom. The number of para-hydroxylation sites is 1. The molecular weight excluding hydrogens is 296 g/mol. The molecule has 0 aliphatic carbocycles. The van der Waals surface area contributed by atoms with Gasteiger partial charge in [-0.25, -0.2) is 0 Å². The Balaban J connectivity index is 1.77. The van der Waals surface area contributed by atoms with Crippen LogP contribution in [-0.2, 0) is 9.53 Å². The molecule has 1 spiro atoms. The molecule has 6 nitrogen and oxygen atoms in total. The Hall–Kier alpha value is -2.86. The zero-order chi connectivity index (χ0) is 16.2. The van der Waals surface area contributed by atoms with Crippen molar-refractivity contribution in [2.45, 2.75) is 11.8 Å². The quantitative estimate of drug-likeness (QED) is 0.788. The van der Waals surface area contributed by atoms with Gasteiger partial charge in [-0.1, -0.05) is 24.3 Å². The van der Waals surface area contributed by atoms with E-state index in [-0.39, 0.29) is 11.7 Å². The summed E-state index contributed by atoms with van der Waals surface area (Å²) in [5, 5.41) is 12.4. The van der Waals surface area contributed by atoms with E-state index in [2.05, 4.69) is 5.32 Å². The summed E-state index contributed by atoms with van der Waals surface area (Å²) in [6.45, 7) is 0. The first-order valence-corrected chi connectivity index (χ1v) is 7.19. The van der Waals surface area contributed by atoms with Crippen molar-refractivity contribution in [3.63, 3.8) is 0 Å². The number of phenols is 1. The van der Waals surface area contributed by atoms with E-state index in [1.807, 2.05) is 0 Å². The maximum atomic E-state index is 12.7. The lowest BCUT2D eigenvalue weighted by atomic mass is 10.0. The van der Waals surface area contributed by atoms with Crippen LogP contribution in [0, 0.1) is 0 Å². The highest BCUT2D eigenvalue weighted by Crippen LogP contribution is 2.53. The smallest absolute Gasteiger partial charge is 0.281 e. The number of epoxide rings is 1. The molecule has 2 heterocycles. The van der Waals surface area contributed by atoms with E-state index in [9.17, 15) is 14.7 Å². The number of benzene rings is 2. The third-order valence-corrected chi connectivity index (χ3v) is 4.30. The first-order chi connectivity index (χ1) is 11.0. The molecule has 0 radical (unpaired) electrons. The number of carbonyl (C=O) groups is 2. The minimum atomic E-state index is -1.39. The number of aromatic hydroxyl groups is 1. The average molecular weight is 310 g/mol. The van der Waals surface area contributed by atoms with Crippen molar-refractivity contribution < 1.29 is 19.4 Å². The number of nitrogens with zero attached hydrogens (tertiary/aromatic N) is 1. The van der Waals surface area contributed by atoms with Crippen molar-refractivity contribution in [2.75, 3.05) is 12.4 Å². The Morgan fingerprint density at radius 2 is 1.96 bits per heavy atom. The summed E-state index contributed by atoms with van der Waals surface area (Å²) in [5.41, 5.74) is 0.150. The number of fused-ring (bicyclic) bond motifs is 1. The van der Waals surface area contributed by atoms with Gasteiger partial charge in [0.2, 0.25) is 0 Å². The summed E-state index contributed by atoms with van der Waals surface area (Å²) in [7, 11) is 1.55. The Bertz CT molecular complexity index is 835. The Labute approximate surface area is 132 Å². The summed E-state index contributed by atoms with van der Waals surface area (Å²) in [6, 6.07) is 13.3. The number of amides is 2. The summed E-state index contributed by atoms with van der Waals surface area (Å²) in [5.74, 6) is -0.604. The number of anilines is 1. The normalized spacial score (nSPS) is 25.8. The number of phenolic OH excluding ortho intramolecular Hbond substituents is 1. The second-order valence-electron chi connectivity index (χ2n) is 5.65. The minimum Gasteiger partial charge on any atom is -0.508 e. The molecule has 2 amide bonds. The zero-order valence-corrected chi connectivity index (χ0v) is 12.3. The molecule has 0 saturated carbocycles. The van der Waals surface area contributed by atoms with Crippen molar-refractivity contribution >= 4 is 17.5 Å². The van der Waals surface area contributed by atoms with Gasteiger partial charge in [-0.05, 0) is 29.8 Å². The van der Waals surface area contributed by atoms with Crippen LogP contribution in [0.4, 0.5) is 5.69 Å². The first kappa shape index (κ1) is 13.8. The van der Waals surface area contributed by atoms with Crippen LogP contribution in [0.15, 0.2) is 48.5 Å². The predicted octanol–water partition coefficient (Wildman–Crippen LogP) is 1.88. The number of ether oxygens (including phenoxy) is 1. The SMILES string of the molecule is CN1C(=O)c2ccccc2NC(=O)[C@]12O[C@H]2c1cccc(O)c1. The van der Waals surface area contributed by atoms with Crippen LogP contribution in [0.3, 0.4) is 0 Å². The van der Waals surface area contributed by atoms with Crippen molar-refractivity contribution in [3.8, 4) is 5.75 Å². The molecule has 0 unspecified atom stereocenters. The van der Waals surface area contributed by atoms with Gasteiger partial charge in [-0.15, -0.1) is 0 Å². The predicted molar refractivity (Wildman–Crippen MR) is 81.8 cm³/mol. The molecule has 0 bridgehead atoms. The number of hydrogen-bond acceptors (Lipinski definition) is 4. The highest BCUT2D eigenvalue weighted by Gasteiger charge is 2.68. The molecule has 2 N–H and O–H groups in total. The molecule has 4 rings (SSSR count). The number of carbonyl (C=O) groups excluding carboxylic acids is 2. The van der Waals surface area contributed by atoms with E-state index in [0.717, 1.165) is 0 Å². The summed E-state index contributed by atoms with van der Waals surface area (Å²) >= 11 is 0. The minimum absolute atomic E-state index is 0.0828. The molecule has 23 heavy (non-hydrogen) atoms. The van der Waals surface area contributed by atoms with E-state index in [4.69, 9.17) is 4.74 Å². The van der Waals surface area contributed by atoms with E-state index in [1.54, 1.807) is 43.4 Å². The lowest BCUT2D eigenvalue weighted by Crippen LogP contribution is -2.46. The lowest BCUT2D eigenvalue weighted by molar-refractivity contribution is -0.125. The maximum Gasteiger partial charge on any atom is 0.281 e. The molecule has 6 heteroatoms. The number of likely N-dealkylation sites (N-methyl/N-ethyl adjacent to an activating group) is 1. The van der Waals surface area contributed by atoms with Crippen LogP contribution in [0.1, 0.15) is 22.0 Å². The molecule has 2 aliphatic rings. The summed E-state index contributed by atoms with van der Waals surface area (Å²) in [6.07, 6.45) is -0.613. The van der Waals surface area contributed by atoms with E-state index >= 15 is 0 Å². The summed E-state index contributed by atoms with van der Waals surface area (Å²) in [4.78, 5) is 26.7. The van der Waals surface area contributed by atoms with Crippen molar-refractivity contribution in [1.82, 2.24) is 4.90 Å². The van der Waals surface area contributed by atoms with Crippen molar-refractivity contribution in [3.05, 3.63) is 59.7 Å². The Kier molecular flexibility index (Phi) is 2.74. The fraction of sp³-hybridized carbons (Fsp3) is 0.176. The lowest BCUT2D eigenvalue weighted by Gasteiger charge is -2.21. The van der Waals surface area contributed by atoms with Gasteiger partial charge >= 0.3 is 0 Å². The fourth-order valence-corrected chi connectivity index (χ4v) is 3.03. The molecule has 2 aromatic rings. The number of rotatable bonds is 1. The van der Waals surface area contributed by atoms with Crippen LogP contribution in [0.5, 0.6) is 5.75 Å². The van der Waals surface area contributed by atoms with E-state index < -0.39 is 17.7 Å². The molecule has 1 fully saturated rings. The third kappa shape index (κ3) is 1.85. The van der Waals surface area contributed by atoms with Gasteiger partial charge < -0.3 is 20.1 Å². The van der Waals surface area contributed by atoms with Crippen LogP contribution < -0.4 is 5.32 Å². The molecule has 0 aromatic heterocycles. The van der Waals surface area contributed by atoms with Crippen LogP contribution in [0.2, 0.25) is 0 Å². The van der Waals surface area contributed by atoms with Gasteiger partial charge in [0.25, 0.3) is 17.5 Å². The average Bonchev–Trinajstić information content (AvgIpc) is 3.31. The largest absolute Gasteiger partial charge is 0.508 e. The fourth-order valence-electron chi connectivity index (χ4n) is 3.03. The number of hydrogen-bond donors (Lipinski definition) is 2. The monoisotopic (exact) mass is 310 g/mol. The van der Waals surface area contributed by atoms with Gasteiger partial charge in [-0.3, -0.25) is 9.59 Å². The second-order valence-corrected chi connectivity index (χ2v) is 5.65. The van der Waals surface area contributed by atoms with Gasteiger partial charge in [0.1, 0.15) is 11.9 Å². The highest BCUT2D eigenvalue weighted by atomic mass is 16.6. The standard InChI is InChI=1S/C17H14N2O4/c1-19-15(21)12-7-2-3-8-13(12)18-16(22)17(19)14(23-17)10-5-4-6-11(20)9-10/h2-9,14,20H,1H3,(H,18,22)/t14-,17-/m0/s1. The maximum absolute atomic E-state index is 12.7. The van der Waals surface area contributed by atoms with Crippen LogP contribution in [0.25, 0.3) is 0 Å². The summed E-state index contributed by atoms with van der Waals surface area (Å²) < 4.78 is 5.67. The second kappa shape index (κ2) is 4.57. The van der Waals surface area contributed by atoms with Gasteiger partial charge in [0.05, 0.1) is 11.3 Å². The van der Waals surface area contributed by atoms with E-state index in [0.29, 0.717) is 16.8 Å². The van der Waals surface area contributed by atoms with Gasteiger partial charge in [-0.2, -0.15) is 0 Å². The molecule has 116 valence electrons. The van der Waals surface area contributed by atoms with Gasteiger partial charge in [0.15, 0.2) is 0 Å². The Morgan fingerprint density at radius 1 is 1.17 bits per heavy atom. The molecule has 2 aliphatic heterocycles. The topological polar surface area (TPSA) is 82.2 Å². The van der Waals surface area contributed by atoms with Crippen LogP contribution >= 0.6 is 0 Å². The first-order valence-electron chi connectivity index (χ1n) is 7.19. The van der Waals surface area contributed by atoms with Gasteiger partial charge in [0, 0.05) is 7.05 Å². The highest BCUT2D eigenvalue weighted by molar-refractivity contribution is 6.12. The molecular formula is C17H14N2O4. The molecule has 2 aromatic carbocycles. The molecule has 2 atom stereocenters.